The fraction of sp³-hybridized carbons (Fsp3) is 0.391. The van der Waals surface area contributed by atoms with Gasteiger partial charge in [0.25, 0.3) is 0 Å². The molecule has 0 N–H and O–H groups in total. The molecule has 0 unspecified atom stereocenters. The minimum atomic E-state index is -0.135. The first-order chi connectivity index (χ1) is 14.6. The molecule has 2 heterocycles. The van der Waals surface area contributed by atoms with Crippen molar-refractivity contribution in [3.63, 3.8) is 0 Å². The summed E-state index contributed by atoms with van der Waals surface area (Å²) < 4.78 is 11.8. The third-order valence-corrected chi connectivity index (χ3v) is 5.53. The van der Waals surface area contributed by atoms with Crippen molar-refractivity contribution in [1.29, 1.82) is 0 Å². The average Bonchev–Trinajstić information content (AvgIpc) is 2.91. The van der Waals surface area contributed by atoms with Gasteiger partial charge < -0.3 is 19.3 Å². The summed E-state index contributed by atoms with van der Waals surface area (Å²) in [6, 6.07) is 15.3. The number of para-hydroxylation sites is 4. The van der Waals surface area contributed by atoms with Gasteiger partial charge in [0.2, 0.25) is 11.8 Å². The van der Waals surface area contributed by atoms with Gasteiger partial charge in [0.15, 0.2) is 0 Å². The summed E-state index contributed by atoms with van der Waals surface area (Å²) >= 11 is 0. The van der Waals surface area contributed by atoms with Crippen molar-refractivity contribution in [2.24, 2.45) is 0 Å². The lowest BCUT2D eigenvalue weighted by atomic mass is 10.2. The van der Waals surface area contributed by atoms with E-state index in [2.05, 4.69) is 11.8 Å². The molecule has 2 aliphatic rings. The lowest BCUT2D eigenvalue weighted by Gasteiger charge is -2.37. The maximum absolute atomic E-state index is 13.0. The van der Waals surface area contributed by atoms with Gasteiger partial charge in [0.05, 0.1) is 37.5 Å². The summed E-state index contributed by atoms with van der Waals surface area (Å²) in [6.07, 6.45) is 0.115. The first-order valence-electron chi connectivity index (χ1n) is 10.3. The molecule has 4 rings (SSSR count). The van der Waals surface area contributed by atoms with Gasteiger partial charge in [-0.1, -0.05) is 24.3 Å². The first-order valence-corrected chi connectivity index (χ1v) is 10.3. The predicted molar refractivity (Wildman–Crippen MR) is 115 cm³/mol. The van der Waals surface area contributed by atoms with Crippen molar-refractivity contribution in [2.75, 3.05) is 49.6 Å². The molecular weight excluding hydrogens is 382 g/mol. The van der Waals surface area contributed by atoms with Crippen LogP contribution in [0.5, 0.6) is 11.5 Å². The zero-order chi connectivity index (χ0) is 21.1. The summed E-state index contributed by atoms with van der Waals surface area (Å²) in [5, 5.41) is 0. The minimum Gasteiger partial charge on any atom is -0.491 e. The summed E-state index contributed by atoms with van der Waals surface area (Å²) in [5.41, 5.74) is 1.72. The third-order valence-electron chi connectivity index (χ3n) is 5.53. The quantitative estimate of drug-likeness (QED) is 0.760. The van der Waals surface area contributed by atoms with Crippen LogP contribution in [-0.4, -0.2) is 62.7 Å². The Labute approximate surface area is 176 Å². The van der Waals surface area contributed by atoms with Gasteiger partial charge in [0, 0.05) is 13.6 Å². The van der Waals surface area contributed by atoms with E-state index in [0.717, 1.165) is 18.0 Å². The van der Waals surface area contributed by atoms with Gasteiger partial charge in [0.1, 0.15) is 24.1 Å². The normalized spacial score (nSPS) is 17.9. The van der Waals surface area contributed by atoms with Crippen LogP contribution in [0.1, 0.15) is 13.3 Å². The Morgan fingerprint density at radius 3 is 2.57 bits per heavy atom. The molecule has 0 bridgehead atoms. The monoisotopic (exact) mass is 409 g/mol. The highest BCUT2D eigenvalue weighted by Gasteiger charge is 2.29. The number of amides is 2. The van der Waals surface area contributed by atoms with Crippen LogP contribution in [0.2, 0.25) is 0 Å². The van der Waals surface area contributed by atoms with Crippen LogP contribution in [0.4, 0.5) is 11.4 Å². The van der Waals surface area contributed by atoms with Crippen molar-refractivity contribution in [3.05, 3.63) is 48.5 Å². The predicted octanol–water partition coefficient (Wildman–Crippen LogP) is 2.55. The lowest BCUT2D eigenvalue weighted by molar-refractivity contribution is -0.131. The number of carbonyl (C=O) groups is 2. The van der Waals surface area contributed by atoms with E-state index in [1.165, 1.54) is 4.90 Å². The van der Waals surface area contributed by atoms with E-state index >= 15 is 0 Å². The van der Waals surface area contributed by atoms with Crippen molar-refractivity contribution < 1.29 is 19.1 Å². The second-order valence-corrected chi connectivity index (χ2v) is 7.57. The van der Waals surface area contributed by atoms with Gasteiger partial charge in [-0.05, 0) is 31.2 Å². The van der Waals surface area contributed by atoms with Crippen LogP contribution in [0.15, 0.2) is 48.5 Å². The van der Waals surface area contributed by atoms with Crippen LogP contribution < -0.4 is 19.3 Å². The van der Waals surface area contributed by atoms with E-state index in [4.69, 9.17) is 9.47 Å². The fourth-order valence-corrected chi connectivity index (χ4v) is 3.93. The molecule has 7 heteroatoms. The zero-order valence-corrected chi connectivity index (χ0v) is 17.4. The molecule has 0 radical (unpaired) electrons. The molecule has 7 nitrogen and oxygen atoms in total. The Kier molecular flexibility index (Phi) is 5.79. The maximum Gasteiger partial charge on any atom is 0.242 e. The second-order valence-electron chi connectivity index (χ2n) is 7.57. The molecule has 158 valence electrons. The highest BCUT2D eigenvalue weighted by atomic mass is 16.5. The molecule has 30 heavy (non-hydrogen) atoms. The van der Waals surface area contributed by atoms with Crippen molar-refractivity contribution in [2.45, 2.75) is 19.4 Å². The maximum atomic E-state index is 13.0. The number of carbonyl (C=O) groups excluding carboxylic acids is 2. The smallest absolute Gasteiger partial charge is 0.242 e. The Bertz CT molecular complexity index is 932. The number of likely N-dealkylation sites (N-methyl/N-ethyl adjacent to an activating group) is 2. The standard InChI is InChI=1S/C23H27N3O4/c1-3-25-15-17(30-21-11-7-4-8-18(21)25)14-24(2)23(28)16-26-19-9-5-6-10-20(19)29-13-12-22(26)27/h4-11,17H,3,12-16H2,1-2H3/t17-/m1/s1. The van der Waals surface area contributed by atoms with E-state index in [9.17, 15) is 9.59 Å². The first kappa shape index (κ1) is 20.1. The average molecular weight is 409 g/mol. The minimum absolute atomic E-state index is 0.0174. The van der Waals surface area contributed by atoms with E-state index in [1.54, 1.807) is 11.9 Å². The highest BCUT2D eigenvalue weighted by Crippen LogP contribution is 2.33. The van der Waals surface area contributed by atoms with Crippen molar-refractivity contribution in [1.82, 2.24) is 4.90 Å². The van der Waals surface area contributed by atoms with Crippen molar-refractivity contribution in [3.8, 4) is 11.5 Å². The van der Waals surface area contributed by atoms with Gasteiger partial charge >= 0.3 is 0 Å². The SMILES string of the molecule is CCN1C[C@@H](CN(C)C(=O)CN2C(=O)CCOc3ccccc32)Oc2ccccc21. The molecule has 0 aliphatic carbocycles. The molecule has 2 aromatic carbocycles. The Balaban J connectivity index is 1.44. The zero-order valence-electron chi connectivity index (χ0n) is 17.4. The summed E-state index contributed by atoms with van der Waals surface area (Å²) in [6.45, 7) is 4.44. The molecule has 0 saturated carbocycles. The number of fused-ring (bicyclic) bond motifs is 2. The second kappa shape index (κ2) is 8.65. The van der Waals surface area contributed by atoms with Crippen molar-refractivity contribution >= 4 is 23.2 Å². The number of anilines is 2. The van der Waals surface area contributed by atoms with E-state index in [-0.39, 0.29) is 30.9 Å². The van der Waals surface area contributed by atoms with E-state index in [0.29, 0.717) is 31.1 Å². The van der Waals surface area contributed by atoms with Gasteiger partial charge in [-0.15, -0.1) is 0 Å². The van der Waals surface area contributed by atoms with Gasteiger partial charge in [-0.2, -0.15) is 0 Å². The van der Waals surface area contributed by atoms with Crippen LogP contribution in [-0.2, 0) is 9.59 Å². The number of hydrogen-bond acceptors (Lipinski definition) is 5. The molecule has 2 aromatic rings. The third kappa shape index (κ3) is 4.06. The summed E-state index contributed by atoms with van der Waals surface area (Å²) in [7, 11) is 1.76. The van der Waals surface area contributed by atoms with Crippen LogP contribution in [0.25, 0.3) is 0 Å². The van der Waals surface area contributed by atoms with Crippen LogP contribution in [0, 0.1) is 0 Å². The molecule has 0 aromatic heterocycles. The molecule has 1 atom stereocenters. The van der Waals surface area contributed by atoms with E-state index in [1.807, 2.05) is 48.5 Å². The van der Waals surface area contributed by atoms with Gasteiger partial charge in [-0.25, -0.2) is 0 Å². The fourth-order valence-electron chi connectivity index (χ4n) is 3.93. The topological polar surface area (TPSA) is 62.3 Å². The van der Waals surface area contributed by atoms with Crippen LogP contribution in [0.3, 0.4) is 0 Å². The largest absolute Gasteiger partial charge is 0.491 e. The number of hydrogen-bond donors (Lipinski definition) is 0. The van der Waals surface area contributed by atoms with Crippen LogP contribution >= 0.6 is 0 Å². The Hall–Kier alpha value is -3.22. The molecular formula is C23H27N3O4. The number of ether oxygens (including phenoxy) is 2. The number of benzene rings is 2. The lowest BCUT2D eigenvalue weighted by Crippen LogP contribution is -2.49. The Morgan fingerprint density at radius 2 is 1.80 bits per heavy atom. The summed E-state index contributed by atoms with van der Waals surface area (Å²) in [4.78, 5) is 31.0. The van der Waals surface area contributed by atoms with E-state index < -0.39 is 0 Å². The number of nitrogens with zero attached hydrogens (tertiary/aromatic N) is 3. The summed E-state index contributed by atoms with van der Waals surface area (Å²) in [5.74, 6) is 1.22. The molecule has 0 fully saturated rings. The Morgan fingerprint density at radius 1 is 1.10 bits per heavy atom. The molecule has 2 amide bonds. The molecule has 0 saturated heterocycles. The molecule has 2 aliphatic heterocycles. The molecule has 0 spiro atoms. The van der Waals surface area contributed by atoms with Gasteiger partial charge in [-0.3, -0.25) is 14.5 Å². The highest BCUT2D eigenvalue weighted by molar-refractivity contribution is 6.00. The number of rotatable bonds is 5.